The molecule has 0 saturated carbocycles. The van der Waals surface area contributed by atoms with Crippen molar-refractivity contribution in [3.8, 4) is 11.5 Å². The van der Waals surface area contributed by atoms with Gasteiger partial charge in [0.05, 0.1) is 43.1 Å². The number of rotatable bonds is 9. The molecule has 2 aromatic carbocycles. The first kappa shape index (κ1) is 25.4. The number of amidine groups is 1. The Balaban J connectivity index is 1.45. The van der Waals surface area contributed by atoms with Crippen LogP contribution in [-0.4, -0.2) is 28.6 Å². The monoisotopic (exact) mass is 529 g/mol. The normalized spacial score (nSPS) is 16.5. The van der Waals surface area contributed by atoms with Gasteiger partial charge in [0, 0.05) is 5.70 Å². The fraction of sp³-hybridized carbons (Fsp3) is 0.207. The molecule has 5 rings (SSSR count). The van der Waals surface area contributed by atoms with Crippen molar-refractivity contribution in [3.63, 3.8) is 0 Å². The van der Waals surface area contributed by atoms with Crippen molar-refractivity contribution >= 4 is 28.8 Å². The average molecular weight is 530 g/mol. The Morgan fingerprint density at radius 1 is 1.08 bits per heavy atom. The lowest BCUT2D eigenvalue weighted by Crippen LogP contribution is -2.38. The van der Waals surface area contributed by atoms with Gasteiger partial charge in [0.15, 0.2) is 5.17 Å². The Bertz CT molecular complexity index is 1410. The molecule has 0 fully saturated rings. The molecule has 1 atom stereocenters. The lowest BCUT2D eigenvalue weighted by molar-refractivity contribution is -0.139. The number of ether oxygens (including phenoxy) is 2. The molecule has 0 saturated heterocycles. The van der Waals surface area contributed by atoms with Crippen molar-refractivity contribution in [3.05, 3.63) is 107 Å². The fourth-order valence-corrected chi connectivity index (χ4v) is 5.32. The Morgan fingerprint density at radius 3 is 2.66 bits per heavy atom. The number of furan rings is 1. The van der Waals surface area contributed by atoms with Crippen molar-refractivity contribution in [2.75, 3.05) is 6.61 Å². The molecular formula is C29H27N3O5S. The van der Waals surface area contributed by atoms with Gasteiger partial charge in [-0.15, -0.1) is 0 Å². The van der Waals surface area contributed by atoms with E-state index in [4.69, 9.17) is 18.9 Å². The Kier molecular flexibility index (Phi) is 7.65. The number of hydrogen-bond acceptors (Lipinski definition) is 8. The molecule has 194 valence electrons. The first-order valence-corrected chi connectivity index (χ1v) is 13.1. The number of benzene rings is 2. The van der Waals surface area contributed by atoms with Crippen molar-refractivity contribution in [2.24, 2.45) is 4.99 Å². The summed E-state index contributed by atoms with van der Waals surface area (Å²) >= 11 is 1.43. The summed E-state index contributed by atoms with van der Waals surface area (Å²) in [6.45, 7) is 4.11. The molecule has 1 aromatic heterocycles. The van der Waals surface area contributed by atoms with Gasteiger partial charge in [-0.25, -0.2) is 9.79 Å². The number of esters is 1. The average Bonchev–Trinajstić information content (AvgIpc) is 3.58. The molecule has 38 heavy (non-hydrogen) atoms. The van der Waals surface area contributed by atoms with E-state index in [0.29, 0.717) is 40.2 Å². The van der Waals surface area contributed by atoms with Gasteiger partial charge in [-0.3, -0.25) is 4.79 Å². The van der Waals surface area contributed by atoms with Gasteiger partial charge in [-0.05, 0) is 61.2 Å². The van der Waals surface area contributed by atoms with Crippen LogP contribution in [0.15, 0.2) is 105 Å². The summed E-state index contributed by atoms with van der Waals surface area (Å²) in [6.07, 6.45) is 1.68. The number of nitrogens with one attached hydrogen (secondary N) is 1. The molecular weight excluding hydrogens is 502 g/mol. The number of amides is 1. The third-order valence-corrected chi connectivity index (χ3v) is 6.92. The molecule has 0 aliphatic carbocycles. The van der Waals surface area contributed by atoms with E-state index in [1.165, 1.54) is 11.8 Å². The first-order valence-electron chi connectivity index (χ1n) is 12.3. The molecule has 0 bridgehead atoms. The SMILES string of the molecule is CCOC(=O)C1=C(C)N=C2SC=C(CC(=O)NCc3ccco3)N2C1c1cccc(Oc2ccccc2)c1. The van der Waals surface area contributed by atoms with Crippen LogP contribution in [0.25, 0.3) is 0 Å². The van der Waals surface area contributed by atoms with E-state index < -0.39 is 12.0 Å². The predicted octanol–water partition coefficient (Wildman–Crippen LogP) is 5.92. The number of allylic oxidation sites excluding steroid dienone is 1. The molecule has 9 heteroatoms. The Hall–Kier alpha value is -4.24. The smallest absolute Gasteiger partial charge is 0.338 e. The number of para-hydroxylation sites is 1. The second-order valence-corrected chi connectivity index (χ2v) is 9.47. The number of fused-ring (bicyclic) bond motifs is 1. The predicted molar refractivity (Wildman–Crippen MR) is 145 cm³/mol. The molecule has 1 unspecified atom stereocenters. The molecule has 1 N–H and O–H groups in total. The molecule has 8 nitrogen and oxygen atoms in total. The van der Waals surface area contributed by atoms with Gasteiger partial charge >= 0.3 is 5.97 Å². The van der Waals surface area contributed by atoms with Crippen LogP contribution in [0.4, 0.5) is 0 Å². The highest BCUT2D eigenvalue weighted by Gasteiger charge is 2.41. The topological polar surface area (TPSA) is 93.4 Å². The second-order valence-electron chi connectivity index (χ2n) is 8.63. The highest BCUT2D eigenvalue weighted by Crippen LogP contribution is 2.45. The number of carbonyl (C=O) groups excluding carboxylic acids is 2. The van der Waals surface area contributed by atoms with E-state index in [2.05, 4.69) is 5.32 Å². The molecule has 3 heterocycles. The van der Waals surface area contributed by atoms with Crippen LogP contribution >= 0.6 is 11.8 Å². The van der Waals surface area contributed by atoms with Crippen molar-refractivity contribution in [1.82, 2.24) is 10.2 Å². The van der Waals surface area contributed by atoms with E-state index in [0.717, 1.165) is 11.3 Å². The minimum absolute atomic E-state index is 0.110. The van der Waals surface area contributed by atoms with Gasteiger partial charge < -0.3 is 24.1 Å². The summed E-state index contributed by atoms with van der Waals surface area (Å²) in [7, 11) is 0. The zero-order chi connectivity index (χ0) is 26.5. The van der Waals surface area contributed by atoms with Crippen LogP contribution in [-0.2, 0) is 20.9 Å². The number of aliphatic imine (C=N–C) groups is 1. The summed E-state index contributed by atoms with van der Waals surface area (Å²) < 4.78 is 16.8. The lowest BCUT2D eigenvalue weighted by Gasteiger charge is -2.36. The Morgan fingerprint density at radius 2 is 1.89 bits per heavy atom. The molecule has 1 amide bonds. The van der Waals surface area contributed by atoms with E-state index in [1.54, 1.807) is 25.3 Å². The van der Waals surface area contributed by atoms with Gasteiger partial charge in [-0.1, -0.05) is 42.1 Å². The van der Waals surface area contributed by atoms with Crippen LogP contribution in [0, 0.1) is 0 Å². The lowest BCUT2D eigenvalue weighted by atomic mass is 9.93. The third kappa shape index (κ3) is 5.52. The highest BCUT2D eigenvalue weighted by atomic mass is 32.2. The molecule has 2 aliphatic rings. The standard InChI is InChI=1S/C29H27N3O5S/c1-3-35-28(34)26-19(2)31-29-32(21(18-38-29)16-25(33)30-17-24-13-8-14-36-24)27(26)20-9-7-12-23(15-20)37-22-10-5-4-6-11-22/h4-15,18,27H,3,16-17H2,1-2H3,(H,30,33). The highest BCUT2D eigenvalue weighted by molar-refractivity contribution is 8.16. The van der Waals surface area contributed by atoms with Crippen molar-refractivity contribution in [1.29, 1.82) is 0 Å². The van der Waals surface area contributed by atoms with E-state index in [9.17, 15) is 9.59 Å². The Labute approximate surface area is 225 Å². The van der Waals surface area contributed by atoms with E-state index in [-0.39, 0.29) is 18.9 Å². The number of thioether (sulfide) groups is 1. The zero-order valence-corrected chi connectivity index (χ0v) is 21.9. The molecule has 2 aliphatic heterocycles. The molecule has 3 aromatic rings. The number of hydrogen-bond donors (Lipinski definition) is 1. The minimum Gasteiger partial charge on any atom is -0.467 e. The zero-order valence-electron chi connectivity index (χ0n) is 21.0. The summed E-state index contributed by atoms with van der Waals surface area (Å²) in [4.78, 5) is 32.7. The van der Waals surface area contributed by atoms with E-state index in [1.807, 2.05) is 71.8 Å². The van der Waals surface area contributed by atoms with Gasteiger partial charge in [0.25, 0.3) is 0 Å². The first-order chi connectivity index (χ1) is 18.5. The summed E-state index contributed by atoms with van der Waals surface area (Å²) in [5.41, 5.74) is 2.56. The largest absolute Gasteiger partial charge is 0.467 e. The fourth-order valence-electron chi connectivity index (χ4n) is 4.35. The third-order valence-electron chi connectivity index (χ3n) is 6.03. The van der Waals surface area contributed by atoms with Gasteiger partial charge in [0.2, 0.25) is 5.91 Å². The number of nitrogens with zero attached hydrogens (tertiary/aromatic N) is 2. The maximum Gasteiger partial charge on any atom is 0.338 e. The van der Waals surface area contributed by atoms with Crippen LogP contribution in [0.3, 0.4) is 0 Å². The van der Waals surface area contributed by atoms with Crippen LogP contribution in [0.1, 0.15) is 37.6 Å². The van der Waals surface area contributed by atoms with Crippen molar-refractivity contribution < 1.29 is 23.5 Å². The minimum atomic E-state index is -0.542. The summed E-state index contributed by atoms with van der Waals surface area (Å²) in [5.74, 6) is 1.40. The maximum absolute atomic E-state index is 13.2. The van der Waals surface area contributed by atoms with Crippen LogP contribution < -0.4 is 10.1 Å². The second kappa shape index (κ2) is 11.4. The maximum atomic E-state index is 13.2. The quantitative estimate of drug-likeness (QED) is 0.344. The van der Waals surface area contributed by atoms with Crippen LogP contribution in [0.5, 0.6) is 11.5 Å². The van der Waals surface area contributed by atoms with Gasteiger partial charge in [0.1, 0.15) is 17.3 Å². The van der Waals surface area contributed by atoms with Gasteiger partial charge in [-0.2, -0.15) is 0 Å². The summed E-state index contributed by atoms with van der Waals surface area (Å²) in [5, 5.41) is 5.49. The van der Waals surface area contributed by atoms with Crippen LogP contribution in [0.2, 0.25) is 0 Å². The van der Waals surface area contributed by atoms with E-state index >= 15 is 0 Å². The molecule has 0 radical (unpaired) electrons. The number of carbonyl (C=O) groups is 2. The van der Waals surface area contributed by atoms with Crippen molar-refractivity contribution in [2.45, 2.75) is 32.9 Å². The molecule has 0 spiro atoms. The summed E-state index contributed by atoms with van der Waals surface area (Å²) in [6, 6.07) is 20.1.